The second-order valence-electron chi connectivity index (χ2n) is 10.6. The van der Waals surface area contributed by atoms with Crippen LogP contribution >= 0.6 is 0 Å². The molecule has 0 amide bonds. The smallest absolute Gasteiger partial charge is 0.0671 e. The van der Waals surface area contributed by atoms with E-state index in [0.717, 1.165) is 34.2 Å². The Morgan fingerprint density at radius 3 is 1.28 bits per heavy atom. The van der Waals surface area contributed by atoms with E-state index in [1.54, 1.807) is 0 Å². The van der Waals surface area contributed by atoms with E-state index in [2.05, 4.69) is 128 Å². The van der Waals surface area contributed by atoms with E-state index in [4.69, 9.17) is 9.98 Å². The Labute approximate surface area is 193 Å². The minimum Gasteiger partial charge on any atom is -0.342 e. The highest BCUT2D eigenvalue weighted by molar-refractivity contribution is 6.04. The van der Waals surface area contributed by atoms with Gasteiger partial charge in [0, 0.05) is 7.05 Å². The van der Waals surface area contributed by atoms with E-state index in [0.29, 0.717) is 0 Å². The van der Waals surface area contributed by atoms with Gasteiger partial charge in [0.05, 0.1) is 34.2 Å². The molecule has 0 bridgehead atoms. The highest BCUT2D eigenvalue weighted by atomic mass is 15.0. The lowest BCUT2D eigenvalue weighted by molar-refractivity contribution is 0.591. The van der Waals surface area contributed by atoms with Crippen LogP contribution in [0.3, 0.4) is 0 Å². The first-order valence-electron chi connectivity index (χ1n) is 11.4. The van der Waals surface area contributed by atoms with Crippen molar-refractivity contribution >= 4 is 22.8 Å². The Balaban J connectivity index is 2.00. The number of para-hydroxylation sites is 2. The standard InChI is InChI=1S/C29H37N3/c1-20(30-24-16-12-10-14-22(24)28(3,4)5)26-18-19-27(32(26)9)21(2)31-25-17-13-11-15-23(25)29(6,7)8/h10-19H,1-9H3. The number of aromatic nitrogens is 1. The van der Waals surface area contributed by atoms with Crippen LogP contribution in [-0.2, 0) is 17.9 Å². The average Bonchev–Trinajstić information content (AvgIpc) is 3.09. The van der Waals surface area contributed by atoms with Crippen molar-refractivity contribution in [2.45, 2.75) is 66.2 Å². The molecule has 0 aliphatic carbocycles. The van der Waals surface area contributed by atoms with Gasteiger partial charge >= 0.3 is 0 Å². The van der Waals surface area contributed by atoms with Crippen molar-refractivity contribution in [3.63, 3.8) is 0 Å². The number of rotatable bonds is 4. The molecule has 0 aliphatic rings. The summed E-state index contributed by atoms with van der Waals surface area (Å²) < 4.78 is 2.19. The number of hydrogen-bond donors (Lipinski definition) is 0. The summed E-state index contributed by atoms with van der Waals surface area (Å²) in [7, 11) is 2.09. The van der Waals surface area contributed by atoms with Crippen LogP contribution in [0.1, 0.15) is 77.9 Å². The number of aliphatic imine (C=N–C) groups is 2. The molecule has 3 aromatic rings. The molecule has 3 nitrogen and oxygen atoms in total. The molecule has 0 N–H and O–H groups in total. The maximum atomic E-state index is 5.02. The van der Waals surface area contributed by atoms with Crippen LogP contribution in [0.15, 0.2) is 70.6 Å². The normalized spacial score (nSPS) is 13.5. The Kier molecular flexibility index (Phi) is 6.59. The predicted octanol–water partition coefficient (Wildman–Crippen LogP) is 7.90. The van der Waals surface area contributed by atoms with Gasteiger partial charge in [0.1, 0.15) is 0 Å². The molecule has 0 unspecified atom stereocenters. The second kappa shape index (κ2) is 8.90. The molecule has 0 spiro atoms. The van der Waals surface area contributed by atoms with Gasteiger partial charge in [0.25, 0.3) is 0 Å². The van der Waals surface area contributed by atoms with Gasteiger partial charge < -0.3 is 4.57 Å². The van der Waals surface area contributed by atoms with E-state index in [9.17, 15) is 0 Å². The lowest BCUT2D eigenvalue weighted by Gasteiger charge is -2.21. The van der Waals surface area contributed by atoms with E-state index in [1.165, 1.54) is 11.1 Å². The highest BCUT2D eigenvalue weighted by Crippen LogP contribution is 2.33. The minimum absolute atomic E-state index is 0.0451. The Morgan fingerprint density at radius 2 is 0.938 bits per heavy atom. The number of hydrogen-bond acceptors (Lipinski definition) is 2. The first kappa shape index (κ1) is 23.7. The van der Waals surface area contributed by atoms with E-state index >= 15 is 0 Å². The molecule has 1 aromatic heterocycles. The molecular weight excluding hydrogens is 390 g/mol. The first-order valence-corrected chi connectivity index (χ1v) is 11.4. The molecule has 1 heterocycles. The van der Waals surface area contributed by atoms with Gasteiger partial charge in [0.2, 0.25) is 0 Å². The molecule has 0 saturated carbocycles. The van der Waals surface area contributed by atoms with Crippen molar-refractivity contribution < 1.29 is 0 Å². The lowest BCUT2D eigenvalue weighted by atomic mass is 9.86. The zero-order chi connectivity index (χ0) is 23.7. The van der Waals surface area contributed by atoms with Crippen molar-refractivity contribution in [1.29, 1.82) is 0 Å². The molecular formula is C29H37N3. The quantitative estimate of drug-likeness (QED) is 0.379. The Morgan fingerprint density at radius 1 is 0.594 bits per heavy atom. The number of nitrogens with zero attached hydrogens (tertiary/aromatic N) is 3. The molecule has 0 saturated heterocycles. The van der Waals surface area contributed by atoms with Crippen LogP contribution in [0.25, 0.3) is 0 Å². The lowest BCUT2D eigenvalue weighted by Crippen LogP contribution is -2.13. The third-order valence-corrected chi connectivity index (χ3v) is 5.86. The minimum atomic E-state index is 0.0451. The van der Waals surface area contributed by atoms with E-state index < -0.39 is 0 Å². The van der Waals surface area contributed by atoms with Crippen LogP contribution < -0.4 is 0 Å². The molecule has 168 valence electrons. The summed E-state index contributed by atoms with van der Waals surface area (Å²) >= 11 is 0. The molecule has 0 aliphatic heterocycles. The van der Waals surface area contributed by atoms with Gasteiger partial charge in [-0.25, -0.2) is 0 Å². The molecule has 3 rings (SSSR count). The predicted molar refractivity (Wildman–Crippen MR) is 139 cm³/mol. The van der Waals surface area contributed by atoms with Crippen molar-refractivity contribution in [2.24, 2.45) is 17.0 Å². The Hall–Kier alpha value is -2.94. The average molecular weight is 428 g/mol. The van der Waals surface area contributed by atoms with Crippen LogP contribution in [0.4, 0.5) is 11.4 Å². The van der Waals surface area contributed by atoms with Gasteiger partial charge in [-0.05, 0) is 60.1 Å². The van der Waals surface area contributed by atoms with Crippen molar-refractivity contribution in [1.82, 2.24) is 4.57 Å². The molecule has 3 heteroatoms. The zero-order valence-corrected chi connectivity index (χ0v) is 21.1. The van der Waals surface area contributed by atoms with Crippen LogP contribution in [0.5, 0.6) is 0 Å². The third kappa shape index (κ3) is 5.09. The van der Waals surface area contributed by atoms with Crippen LogP contribution in [0, 0.1) is 0 Å². The second-order valence-corrected chi connectivity index (χ2v) is 10.6. The third-order valence-electron chi connectivity index (χ3n) is 5.86. The molecule has 0 radical (unpaired) electrons. The van der Waals surface area contributed by atoms with Gasteiger partial charge in [-0.1, -0.05) is 77.9 Å². The summed E-state index contributed by atoms with van der Waals surface area (Å²) in [6.07, 6.45) is 0. The maximum Gasteiger partial charge on any atom is 0.0671 e. The fraction of sp³-hybridized carbons (Fsp3) is 0.379. The summed E-state index contributed by atoms with van der Waals surface area (Å²) in [4.78, 5) is 10.0. The first-order chi connectivity index (χ1) is 14.9. The number of benzene rings is 2. The Bertz CT molecular complexity index is 1070. The maximum absolute atomic E-state index is 5.02. The summed E-state index contributed by atoms with van der Waals surface area (Å²) in [6.45, 7) is 17.5. The van der Waals surface area contributed by atoms with E-state index in [-0.39, 0.29) is 10.8 Å². The topological polar surface area (TPSA) is 29.6 Å². The SMILES string of the molecule is CC(=Nc1ccccc1C(C)(C)C)c1ccc(C(C)=Nc2ccccc2C(C)(C)C)n1C. The molecule has 2 aromatic carbocycles. The monoisotopic (exact) mass is 427 g/mol. The fourth-order valence-corrected chi connectivity index (χ4v) is 4.12. The van der Waals surface area contributed by atoms with Gasteiger partial charge in [-0.2, -0.15) is 0 Å². The van der Waals surface area contributed by atoms with Gasteiger partial charge in [-0.3, -0.25) is 9.98 Å². The van der Waals surface area contributed by atoms with Crippen LogP contribution in [0.2, 0.25) is 0 Å². The summed E-state index contributed by atoms with van der Waals surface area (Å²) in [5.41, 5.74) is 8.86. The van der Waals surface area contributed by atoms with Crippen molar-refractivity contribution in [3.05, 3.63) is 83.2 Å². The molecule has 0 fully saturated rings. The fourth-order valence-electron chi connectivity index (χ4n) is 4.12. The van der Waals surface area contributed by atoms with E-state index in [1.807, 2.05) is 0 Å². The van der Waals surface area contributed by atoms with Crippen molar-refractivity contribution in [3.8, 4) is 0 Å². The van der Waals surface area contributed by atoms with Gasteiger partial charge in [0.15, 0.2) is 0 Å². The summed E-state index contributed by atoms with van der Waals surface area (Å²) in [5.74, 6) is 0. The zero-order valence-electron chi connectivity index (χ0n) is 21.1. The summed E-state index contributed by atoms with van der Waals surface area (Å²) in [6, 6.07) is 21.1. The molecule has 0 atom stereocenters. The molecule has 32 heavy (non-hydrogen) atoms. The highest BCUT2D eigenvalue weighted by Gasteiger charge is 2.19. The van der Waals surface area contributed by atoms with Crippen molar-refractivity contribution in [2.75, 3.05) is 0 Å². The van der Waals surface area contributed by atoms with Gasteiger partial charge in [-0.15, -0.1) is 0 Å². The summed E-state index contributed by atoms with van der Waals surface area (Å²) in [5, 5.41) is 0. The largest absolute Gasteiger partial charge is 0.342 e. The van der Waals surface area contributed by atoms with Crippen LogP contribution in [-0.4, -0.2) is 16.0 Å².